The molecule has 2 N–H and O–H groups in total. The Morgan fingerprint density at radius 1 is 1.16 bits per heavy atom. The first-order chi connectivity index (χ1) is 9.31. The average Bonchev–Trinajstić information content (AvgIpc) is 3.23. The molecular weight excluding hydrogens is 236 g/mol. The summed E-state index contributed by atoms with van der Waals surface area (Å²) in [4.78, 5) is 11.9. The maximum Gasteiger partial charge on any atom is 0.234 e. The minimum Gasteiger partial charge on any atom is -0.352 e. The van der Waals surface area contributed by atoms with E-state index in [1.807, 2.05) is 0 Å². The van der Waals surface area contributed by atoms with Gasteiger partial charge in [0.25, 0.3) is 0 Å². The van der Waals surface area contributed by atoms with Crippen LogP contribution in [-0.2, 0) is 17.6 Å². The van der Waals surface area contributed by atoms with Crippen molar-refractivity contribution in [3.05, 3.63) is 35.4 Å². The lowest BCUT2D eigenvalue weighted by Gasteiger charge is -2.25. The summed E-state index contributed by atoms with van der Waals surface area (Å²) in [5.74, 6) is 0.972. The highest BCUT2D eigenvalue weighted by Crippen LogP contribution is 2.27. The van der Waals surface area contributed by atoms with Gasteiger partial charge in [0.15, 0.2) is 0 Å². The van der Waals surface area contributed by atoms with Gasteiger partial charge in [-0.25, -0.2) is 0 Å². The van der Waals surface area contributed by atoms with E-state index in [2.05, 4.69) is 34.9 Å². The van der Waals surface area contributed by atoms with Gasteiger partial charge in [0.1, 0.15) is 0 Å². The van der Waals surface area contributed by atoms with Gasteiger partial charge in [-0.2, -0.15) is 0 Å². The lowest BCUT2D eigenvalue weighted by atomic mass is 9.88. The van der Waals surface area contributed by atoms with Crippen LogP contribution in [0.1, 0.15) is 30.4 Å². The first-order valence-corrected chi connectivity index (χ1v) is 7.38. The molecule has 2 aliphatic carbocycles. The fourth-order valence-electron chi connectivity index (χ4n) is 2.81. The van der Waals surface area contributed by atoms with Crippen molar-refractivity contribution in [3.63, 3.8) is 0 Å². The second-order valence-corrected chi connectivity index (χ2v) is 5.85. The monoisotopic (exact) mass is 258 g/mol. The van der Waals surface area contributed by atoms with Crippen LogP contribution < -0.4 is 10.6 Å². The zero-order chi connectivity index (χ0) is 13.1. The number of hydrogen-bond donors (Lipinski definition) is 2. The van der Waals surface area contributed by atoms with E-state index in [1.165, 1.54) is 24.0 Å². The highest BCUT2D eigenvalue weighted by Gasteiger charge is 2.22. The molecule has 0 aromatic heterocycles. The van der Waals surface area contributed by atoms with Crippen molar-refractivity contribution >= 4 is 5.91 Å². The molecule has 0 spiro atoms. The SMILES string of the molecule is O=C(CNCC1CC1)NC1CCc2ccccc2C1. The van der Waals surface area contributed by atoms with Crippen LogP contribution in [0.15, 0.2) is 24.3 Å². The summed E-state index contributed by atoms with van der Waals surface area (Å²) in [5.41, 5.74) is 2.84. The van der Waals surface area contributed by atoms with E-state index in [4.69, 9.17) is 0 Å². The van der Waals surface area contributed by atoms with E-state index in [0.717, 1.165) is 31.7 Å². The van der Waals surface area contributed by atoms with Crippen LogP contribution in [0.25, 0.3) is 0 Å². The summed E-state index contributed by atoms with van der Waals surface area (Å²) < 4.78 is 0. The molecule has 1 aromatic carbocycles. The van der Waals surface area contributed by atoms with E-state index in [-0.39, 0.29) is 5.91 Å². The van der Waals surface area contributed by atoms with Gasteiger partial charge in [0, 0.05) is 6.04 Å². The fourth-order valence-corrected chi connectivity index (χ4v) is 2.81. The highest BCUT2D eigenvalue weighted by atomic mass is 16.1. The molecule has 1 aromatic rings. The van der Waals surface area contributed by atoms with Crippen LogP contribution in [0.3, 0.4) is 0 Å². The van der Waals surface area contributed by atoms with E-state index in [0.29, 0.717) is 12.6 Å². The Balaban J connectivity index is 1.44. The minimum absolute atomic E-state index is 0.144. The van der Waals surface area contributed by atoms with Crippen molar-refractivity contribution in [3.8, 4) is 0 Å². The number of nitrogens with one attached hydrogen (secondary N) is 2. The summed E-state index contributed by atoms with van der Waals surface area (Å²) in [6, 6.07) is 8.87. The maximum atomic E-state index is 11.9. The van der Waals surface area contributed by atoms with Crippen molar-refractivity contribution in [1.29, 1.82) is 0 Å². The van der Waals surface area contributed by atoms with Crippen molar-refractivity contribution in [2.75, 3.05) is 13.1 Å². The first kappa shape index (κ1) is 12.7. The molecule has 1 fully saturated rings. The molecule has 1 amide bonds. The Morgan fingerprint density at radius 2 is 1.95 bits per heavy atom. The molecular formula is C16H22N2O. The zero-order valence-electron chi connectivity index (χ0n) is 11.3. The van der Waals surface area contributed by atoms with Gasteiger partial charge in [0.05, 0.1) is 6.54 Å². The normalized spacial score (nSPS) is 21.8. The lowest BCUT2D eigenvalue weighted by molar-refractivity contribution is -0.121. The molecule has 1 saturated carbocycles. The number of aryl methyl sites for hydroxylation is 1. The Hall–Kier alpha value is -1.35. The van der Waals surface area contributed by atoms with Gasteiger partial charge < -0.3 is 10.6 Å². The summed E-state index contributed by atoms with van der Waals surface area (Å²) in [7, 11) is 0. The second-order valence-electron chi connectivity index (χ2n) is 5.85. The third kappa shape index (κ3) is 3.57. The number of carbonyl (C=O) groups excluding carboxylic acids is 1. The summed E-state index contributed by atoms with van der Waals surface area (Å²) >= 11 is 0. The standard InChI is InChI=1S/C16H22N2O/c19-16(11-17-10-12-5-6-12)18-15-8-7-13-3-1-2-4-14(13)9-15/h1-4,12,15,17H,5-11H2,(H,18,19). The third-order valence-electron chi connectivity index (χ3n) is 4.13. The van der Waals surface area contributed by atoms with Crippen LogP contribution in [-0.4, -0.2) is 25.0 Å². The number of benzene rings is 1. The Labute approximate surface area is 114 Å². The van der Waals surface area contributed by atoms with Gasteiger partial charge in [-0.15, -0.1) is 0 Å². The number of rotatable bonds is 5. The molecule has 3 rings (SSSR count). The van der Waals surface area contributed by atoms with Crippen LogP contribution in [0, 0.1) is 5.92 Å². The second kappa shape index (κ2) is 5.74. The van der Waals surface area contributed by atoms with Crippen molar-refractivity contribution < 1.29 is 4.79 Å². The van der Waals surface area contributed by atoms with Crippen LogP contribution in [0.2, 0.25) is 0 Å². The molecule has 0 saturated heterocycles. The van der Waals surface area contributed by atoms with E-state index < -0.39 is 0 Å². The molecule has 0 radical (unpaired) electrons. The molecule has 3 heteroatoms. The third-order valence-corrected chi connectivity index (χ3v) is 4.13. The van der Waals surface area contributed by atoms with Crippen LogP contribution >= 0.6 is 0 Å². The van der Waals surface area contributed by atoms with Gasteiger partial charge in [-0.05, 0) is 55.7 Å². The van der Waals surface area contributed by atoms with E-state index >= 15 is 0 Å². The quantitative estimate of drug-likeness (QED) is 0.843. The summed E-state index contributed by atoms with van der Waals surface area (Å²) in [5, 5.41) is 6.40. The lowest BCUT2D eigenvalue weighted by Crippen LogP contribution is -2.43. The number of fused-ring (bicyclic) bond motifs is 1. The molecule has 1 atom stereocenters. The molecule has 1 unspecified atom stereocenters. The molecule has 0 bridgehead atoms. The predicted molar refractivity (Wildman–Crippen MR) is 76.0 cm³/mol. The largest absolute Gasteiger partial charge is 0.352 e. The van der Waals surface area contributed by atoms with E-state index in [1.54, 1.807) is 0 Å². The predicted octanol–water partition coefficient (Wildman–Crippen LogP) is 1.66. The van der Waals surface area contributed by atoms with Crippen LogP contribution in [0.4, 0.5) is 0 Å². The Kier molecular flexibility index (Phi) is 3.83. The molecule has 0 aliphatic heterocycles. The Bertz CT molecular complexity index is 454. The van der Waals surface area contributed by atoms with Crippen molar-refractivity contribution in [2.45, 2.75) is 38.1 Å². The number of hydrogen-bond acceptors (Lipinski definition) is 2. The summed E-state index contributed by atoms with van der Waals surface area (Å²) in [6.45, 7) is 1.47. The van der Waals surface area contributed by atoms with Crippen molar-refractivity contribution in [1.82, 2.24) is 10.6 Å². The van der Waals surface area contributed by atoms with Gasteiger partial charge in [-0.1, -0.05) is 24.3 Å². The number of carbonyl (C=O) groups is 1. The highest BCUT2D eigenvalue weighted by molar-refractivity contribution is 5.78. The molecule has 2 aliphatic rings. The first-order valence-electron chi connectivity index (χ1n) is 7.38. The van der Waals surface area contributed by atoms with E-state index in [9.17, 15) is 4.79 Å². The van der Waals surface area contributed by atoms with Gasteiger partial charge in [0.2, 0.25) is 5.91 Å². The van der Waals surface area contributed by atoms with Gasteiger partial charge >= 0.3 is 0 Å². The topological polar surface area (TPSA) is 41.1 Å². The molecule has 0 heterocycles. The fraction of sp³-hybridized carbons (Fsp3) is 0.562. The van der Waals surface area contributed by atoms with Crippen LogP contribution in [0.5, 0.6) is 0 Å². The van der Waals surface area contributed by atoms with Crippen molar-refractivity contribution in [2.24, 2.45) is 5.92 Å². The number of amides is 1. The molecule has 102 valence electrons. The average molecular weight is 258 g/mol. The molecule has 3 nitrogen and oxygen atoms in total. The maximum absolute atomic E-state index is 11.9. The summed E-state index contributed by atoms with van der Waals surface area (Å²) in [6.07, 6.45) is 5.77. The minimum atomic E-state index is 0.144. The molecule has 19 heavy (non-hydrogen) atoms. The Morgan fingerprint density at radius 3 is 2.74 bits per heavy atom. The zero-order valence-corrected chi connectivity index (χ0v) is 11.3. The smallest absolute Gasteiger partial charge is 0.234 e. The van der Waals surface area contributed by atoms with Gasteiger partial charge in [-0.3, -0.25) is 4.79 Å².